The summed E-state index contributed by atoms with van der Waals surface area (Å²) < 4.78 is 0. The van der Waals surface area contributed by atoms with E-state index >= 15 is 0 Å². The Balaban J connectivity index is 1.97. The Labute approximate surface area is 121 Å². The molecule has 0 spiro atoms. The first-order valence-electron chi connectivity index (χ1n) is 7.96. The normalized spacial score (nSPS) is 28.2. The van der Waals surface area contributed by atoms with Gasteiger partial charge in [0.05, 0.1) is 5.92 Å². The van der Waals surface area contributed by atoms with Crippen molar-refractivity contribution in [3.63, 3.8) is 0 Å². The van der Waals surface area contributed by atoms with E-state index in [1.807, 2.05) is 0 Å². The van der Waals surface area contributed by atoms with Gasteiger partial charge in [-0.3, -0.25) is 9.59 Å². The second kappa shape index (κ2) is 6.15. The molecule has 1 amide bonds. The van der Waals surface area contributed by atoms with E-state index < -0.39 is 5.97 Å². The number of rotatable bonds is 5. The van der Waals surface area contributed by atoms with Crippen LogP contribution in [0.2, 0.25) is 0 Å². The molecule has 0 aromatic heterocycles. The smallest absolute Gasteiger partial charge is 0.306 e. The SMILES string of the molecule is CC(C)C(C)N(C(=O)C1CCC(C(=O)O)CC1)C1CC1. The van der Waals surface area contributed by atoms with Gasteiger partial charge in [0.25, 0.3) is 0 Å². The van der Waals surface area contributed by atoms with E-state index in [1.165, 1.54) is 0 Å². The number of amides is 1. The van der Waals surface area contributed by atoms with Gasteiger partial charge in [-0.1, -0.05) is 13.8 Å². The van der Waals surface area contributed by atoms with Gasteiger partial charge in [0, 0.05) is 18.0 Å². The average Bonchev–Trinajstić information content (AvgIpc) is 3.23. The maximum Gasteiger partial charge on any atom is 0.306 e. The standard InChI is InChI=1S/C16H27NO3/c1-10(2)11(3)17(14-8-9-14)15(18)12-4-6-13(7-5-12)16(19)20/h10-14H,4-9H2,1-3H3,(H,19,20). The molecule has 1 unspecified atom stereocenters. The van der Waals surface area contributed by atoms with E-state index in [0.717, 1.165) is 25.7 Å². The molecule has 1 N–H and O–H groups in total. The first-order valence-corrected chi connectivity index (χ1v) is 7.96. The molecular formula is C16H27NO3. The fourth-order valence-corrected chi connectivity index (χ4v) is 3.19. The molecule has 0 aliphatic heterocycles. The quantitative estimate of drug-likeness (QED) is 0.843. The summed E-state index contributed by atoms with van der Waals surface area (Å²) in [6.07, 6.45) is 5.05. The molecule has 4 heteroatoms. The molecular weight excluding hydrogens is 254 g/mol. The molecule has 0 radical (unpaired) electrons. The molecule has 2 rings (SSSR count). The molecule has 2 aliphatic rings. The van der Waals surface area contributed by atoms with Crippen LogP contribution >= 0.6 is 0 Å². The Kier molecular flexibility index (Phi) is 4.71. The van der Waals surface area contributed by atoms with Crippen LogP contribution in [0.1, 0.15) is 59.3 Å². The van der Waals surface area contributed by atoms with Crippen molar-refractivity contribution in [3.8, 4) is 0 Å². The second-order valence-electron chi connectivity index (χ2n) is 6.85. The van der Waals surface area contributed by atoms with Gasteiger partial charge in [0.2, 0.25) is 5.91 Å². The van der Waals surface area contributed by atoms with Crippen LogP contribution in [0.5, 0.6) is 0 Å². The lowest BCUT2D eigenvalue weighted by molar-refractivity contribution is -0.146. The number of carboxylic acids is 1. The van der Waals surface area contributed by atoms with Crippen molar-refractivity contribution in [1.82, 2.24) is 4.90 Å². The summed E-state index contributed by atoms with van der Waals surface area (Å²) in [5, 5.41) is 9.04. The summed E-state index contributed by atoms with van der Waals surface area (Å²) in [7, 11) is 0. The third-order valence-corrected chi connectivity index (χ3v) is 5.02. The third-order valence-electron chi connectivity index (χ3n) is 5.02. The van der Waals surface area contributed by atoms with E-state index in [4.69, 9.17) is 5.11 Å². The molecule has 2 saturated carbocycles. The van der Waals surface area contributed by atoms with E-state index in [2.05, 4.69) is 25.7 Å². The minimum Gasteiger partial charge on any atom is -0.481 e. The van der Waals surface area contributed by atoms with Crippen molar-refractivity contribution in [2.75, 3.05) is 0 Å². The van der Waals surface area contributed by atoms with Gasteiger partial charge in [-0.05, 0) is 51.4 Å². The van der Waals surface area contributed by atoms with E-state index in [9.17, 15) is 9.59 Å². The van der Waals surface area contributed by atoms with Crippen LogP contribution in [-0.4, -0.2) is 34.0 Å². The highest BCUT2D eigenvalue weighted by Gasteiger charge is 2.40. The number of carbonyl (C=O) groups excluding carboxylic acids is 1. The highest BCUT2D eigenvalue weighted by molar-refractivity contribution is 5.80. The van der Waals surface area contributed by atoms with Gasteiger partial charge < -0.3 is 10.0 Å². The Morgan fingerprint density at radius 2 is 1.45 bits per heavy atom. The number of carboxylic acid groups (broad SMARTS) is 1. The van der Waals surface area contributed by atoms with Gasteiger partial charge in [0.15, 0.2) is 0 Å². The maximum atomic E-state index is 12.8. The zero-order valence-corrected chi connectivity index (χ0v) is 12.8. The van der Waals surface area contributed by atoms with Gasteiger partial charge in [0.1, 0.15) is 0 Å². The van der Waals surface area contributed by atoms with E-state index in [1.54, 1.807) is 0 Å². The molecule has 0 aromatic rings. The average molecular weight is 281 g/mol. The summed E-state index contributed by atoms with van der Waals surface area (Å²) in [6, 6.07) is 0.726. The molecule has 1 atom stereocenters. The number of aliphatic carboxylic acids is 1. The Morgan fingerprint density at radius 1 is 0.950 bits per heavy atom. The first-order chi connectivity index (χ1) is 9.41. The van der Waals surface area contributed by atoms with Crippen LogP contribution in [0, 0.1) is 17.8 Å². The van der Waals surface area contributed by atoms with Crippen molar-refractivity contribution in [3.05, 3.63) is 0 Å². The van der Waals surface area contributed by atoms with E-state index in [0.29, 0.717) is 24.8 Å². The second-order valence-corrected chi connectivity index (χ2v) is 6.85. The monoisotopic (exact) mass is 281 g/mol. The van der Waals surface area contributed by atoms with Gasteiger partial charge >= 0.3 is 5.97 Å². The van der Waals surface area contributed by atoms with E-state index in [-0.39, 0.29) is 23.8 Å². The lowest BCUT2D eigenvalue weighted by atomic mass is 9.81. The lowest BCUT2D eigenvalue weighted by Gasteiger charge is -2.36. The van der Waals surface area contributed by atoms with Crippen LogP contribution in [0.15, 0.2) is 0 Å². The summed E-state index contributed by atoms with van der Waals surface area (Å²) in [5.74, 6) is -0.152. The number of hydrogen-bond donors (Lipinski definition) is 1. The third kappa shape index (κ3) is 3.33. The molecule has 114 valence electrons. The zero-order chi connectivity index (χ0) is 14.9. The molecule has 0 heterocycles. The molecule has 0 aromatic carbocycles. The minimum atomic E-state index is -0.703. The maximum absolute atomic E-state index is 12.8. The fourth-order valence-electron chi connectivity index (χ4n) is 3.19. The Hall–Kier alpha value is -1.06. The summed E-state index contributed by atoms with van der Waals surface area (Å²) >= 11 is 0. The molecule has 4 nitrogen and oxygen atoms in total. The van der Waals surface area contributed by atoms with Gasteiger partial charge in [-0.15, -0.1) is 0 Å². The largest absolute Gasteiger partial charge is 0.481 e. The van der Waals surface area contributed by atoms with Crippen molar-refractivity contribution in [1.29, 1.82) is 0 Å². The van der Waals surface area contributed by atoms with Crippen molar-refractivity contribution >= 4 is 11.9 Å². The van der Waals surface area contributed by atoms with Crippen molar-refractivity contribution < 1.29 is 14.7 Å². The summed E-state index contributed by atoms with van der Waals surface area (Å²) in [5.41, 5.74) is 0. The molecule has 20 heavy (non-hydrogen) atoms. The predicted octanol–water partition coefficient (Wildman–Crippen LogP) is 2.91. The molecule has 2 fully saturated rings. The Morgan fingerprint density at radius 3 is 1.85 bits per heavy atom. The van der Waals surface area contributed by atoms with Crippen molar-refractivity contribution in [2.24, 2.45) is 17.8 Å². The highest BCUT2D eigenvalue weighted by Crippen LogP contribution is 2.36. The van der Waals surface area contributed by atoms with Crippen LogP contribution < -0.4 is 0 Å². The number of hydrogen-bond acceptors (Lipinski definition) is 2. The van der Waals surface area contributed by atoms with Gasteiger partial charge in [-0.25, -0.2) is 0 Å². The Bertz CT molecular complexity index is 368. The summed E-state index contributed by atoms with van der Waals surface area (Å²) in [4.78, 5) is 25.9. The lowest BCUT2D eigenvalue weighted by Crippen LogP contribution is -2.46. The van der Waals surface area contributed by atoms with Crippen molar-refractivity contribution in [2.45, 2.75) is 71.4 Å². The van der Waals surface area contributed by atoms with Crippen LogP contribution in [0.4, 0.5) is 0 Å². The minimum absolute atomic E-state index is 0.0485. The topological polar surface area (TPSA) is 57.6 Å². The van der Waals surface area contributed by atoms with Crippen LogP contribution in [0.25, 0.3) is 0 Å². The first kappa shape index (κ1) is 15.3. The zero-order valence-electron chi connectivity index (χ0n) is 12.8. The number of carbonyl (C=O) groups is 2. The molecule has 0 bridgehead atoms. The van der Waals surface area contributed by atoms with Crippen LogP contribution in [-0.2, 0) is 9.59 Å². The van der Waals surface area contributed by atoms with Gasteiger partial charge in [-0.2, -0.15) is 0 Å². The summed E-state index contributed by atoms with van der Waals surface area (Å²) in [6.45, 7) is 6.47. The predicted molar refractivity (Wildman–Crippen MR) is 77.3 cm³/mol. The molecule has 0 saturated heterocycles. The fraction of sp³-hybridized carbons (Fsp3) is 0.875. The molecule has 2 aliphatic carbocycles. The number of nitrogens with zero attached hydrogens (tertiary/aromatic N) is 1. The highest BCUT2D eigenvalue weighted by atomic mass is 16.4. The van der Waals surface area contributed by atoms with Crippen LogP contribution in [0.3, 0.4) is 0 Å².